The highest BCUT2D eigenvalue weighted by Gasteiger charge is 2.28. The summed E-state index contributed by atoms with van der Waals surface area (Å²) in [5, 5.41) is 0. The molecule has 1 unspecified atom stereocenters. The number of methoxy groups -OCH3 is 1. The van der Waals surface area contributed by atoms with Gasteiger partial charge in [-0.15, -0.1) is 0 Å². The number of nitrogens with zero attached hydrogens (tertiary/aromatic N) is 1. The van der Waals surface area contributed by atoms with Gasteiger partial charge in [0.1, 0.15) is 0 Å². The average Bonchev–Trinajstić information content (AvgIpc) is 3.05. The smallest absolute Gasteiger partial charge is 0.339 e. The van der Waals surface area contributed by atoms with Crippen molar-refractivity contribution in [2.45, 2.75) is 51.7 Å². The number of sulfonamides is 1. The summed E-state index contributed by atoms with van der Waals surface area (Å²) >= 11 is 0. The van der Waals surface area contributed by atoms with Gasteiger partial charge in [0.05, 0.1) is 28.8 Å². The van der Waals surface area contributed by atoms with E-state index < -0.39 is 33.8 Å². The molecule has 1 heterocycles. The lowest BCUT2D eigenvalue weighted by Crippen LogP contribution is -2.33. The number of hydrogen-bond donors (Lipinski definition) is 1. The van der Waals surface area contributed by atoms with E-state index in [2.05, 4.69) is 4.98 Å². The van der Waals surface area contributed by atoms with Crippen molar-refractivity contribution in [1.82, 2.24) is 9.29 Å². The average molecular weight is 465 g/mol. The van der Waals surface area contributed by atoms with Gasteiger partial charge < -0.3 is 14.5 Å². The van der Waals surface area contributed by atoms with Gasteiger partial charge in [-0.05, 0) is 58.4 Å². The second-order valence-corrected chi connectivity index (χ2v) is 9.67. The molecule has 0 aliphatic rings. The van der Waals surface area contributed by atoms with Gasteiger partial charge >= 0.3 is 11.9 Å². The predicted octanol–water partition coefficient (Wildman–Crippen LogP) is 2.88. The van der Waals surface area contributed by atoms with E-state index in [4.69, 9.17) is 9.47 Å². The molecule has 0 aliphatic heterocycles. The minimum absolute atomic E-state index is 0.00230. The number of aromatic nitrogens is 1. The molecular weight excluding hydrogens is 436 g/mol. The molecule has 0 spiro atoms. The lowest BCUT2D eigenvalue weighted by Gasteiger charge is -2.21. The number of benzene rings is 1. The lowest BCUT2D eigenvalue weighted by atomic mass is 10.1. The number of aromatic amines is 1. The zero-order valence-electron chi connectivity index (χ0n) is 19.2. The van der Waals surface area contributed by atoms with Crippen molar-refractivity contribution >= 4 is 27.7 Å². The Bertz CT molecular complexity index is 1150. The van der Waals surface area contributed by atoms with Crippen LogP contribution in [0, 0.1) is 13.8 Å². The number of esters is 2. The minimum Gasteiger partial charge on any atom is -0.465 e. The van der Waals surface area contributed by atoms with Crippen molar-refractivity contribution in [1.29, 1.82) is 0 Å². The third kappa shape index (κ3) is 4.91. The van der Waals surface area contributed by atoms with Gasteiger partial charge in [-0.1, -0.05) is 6.07 Å². The maximum absolute atomic E-state index is 12.8. The van der Waals surface area contributed by atoms with Crippen LogP contribution in [0.25, 0.3) is 0 Å². The lowest BCUT2D eigenvalue weighted by molar-refractivity contribution is 0.0316. The van der Waals surface area contributed by atoms with Crippen LogP contribution < -0.4 is 0 Å². The fourth-order valence-corrected chi connectivity index (χ4v) is 4.53. The summed E-state index contributed by atoms with van der Waals surface area (Å²) < 4.78 is 36.6. The van der Waals surface area contributed by atoms with Gasteiger partial charge in [0.25, 0.3) is 0 Å². The first-order valence-corrected chi connectivity index (χ1v) is 11.4. The van der Waals surface area contributed by atoms with Crippen LogP contribution in [-0.4, -0.2) is 61.7 Å². The van der Waals surface area contributed by atoms with Gasteiger partial charge in [-0.25, -0.2) is 18.0 Å². The van der Waals surface area contributed by atoms with E-state index in [0.29, 0.717) is 11.3 Å². The fraction of sp³-hybridized carbons (Fsp3) is 0.409. The standard InChI is InChI=1S/C22H28N2O7S/c1-12(2)24(6)32(28,29)17-10-8-9-16(11-17)21(26)31-15(5)20(25)19-13(3)18(14(4)23-19)22(27)30-7/h8-12,15,23H,1-7H3. The largest absolute Gasteiger partial charge is 0.465 e. The number of nitrogens with one attached hydrogen (secondary N) is 1. The third-order valence-corrected chi connectivity index (χ3v) is 7.23. The van der Waals surface area contributed by atoms with Crippen molar-refractivity contribution in [3.8, 4) is 0 Å². The van der Waals surface area contributed by atoms with E-state index in [1.54, 1.807) is 27.7 Å². The van der Waals surface area contributed by atoms with E-state index in [1.807, 2.05) is 0 Å². The van der Waals surface area contributed by atoms with E-state index in [1.165, 1.54) is 49.7 Å². The Kier molecular flexibility index (Phi) is 7.63. The van der Waals surface area contributed by atoms with Crippen LogP contribution in [0.15, 0.2) is 29.2 Å². The number of carbonyl (C=O) groups is 3. The fourth-order valence-electron chi connectivity index (χ4n) is 3.12. The molecule has 0 fully saturated rings. The molecule has 1 atom stereocenters. The number of ketones is 1. The highest BCUT2D eigenvalue weighted by molar-refractivity contribution is 7.89. The number of aryl methyl sites for hydroxylation is 1. The van der Waals surface area contributed by atoms with Crippen molar-refractivity contribution in [3.63, 3.8) is 0 Å². The Morgan fingerprint density at radius 1 is 1.06 bits per heavy atom. The van der Waals surface area contributed by atoms with Crippen LogP contribution in [-0.2, 0) is 19.5 Å². The van der Waals surface area contributed by atoms with Gasteiger partial charge in [0.2, 0.25) is 15.8 Å². The number of ether oxygens (including phenoxy) is 2. The highest BCUT2D eigenvalue weighted by Crippen LogP contribution is 2.22. The maximum atomic E-state index is 12.8. The Labute approximate surface area is 187 Å². The summed E-state index contributed by atoms with van der Waals surface area (Å²) in [4.78, 5) is 40.2. The zero-order valence-corrected chi connectivity index (χ0v) is 20.0. The second kappa shape index (κ2) is 9.66. The third-order valence-electron chi connectivity index (χ3n) is 5.20. The molecule has 1 aromatic heterocycles. The SMILES string of the molecule is COC(=O)c1c(C)[nH]c(C(=O)C(C)OC(=O)c2cccc(S(=O)(=O)N(C)C(C)C)c2)c1C. The van der Waals surface area contributed by atoms with Crippen molar-refractivity contribution in [3.05, 3.63) is 52.3 Å². The number of carbonyl (C=O) groups excluding carboxylic acids is 3. The van der Waals surface area contributed by atoms with E-state index in [9.17, 15) is 22.8 Å². The number of rotatable bonds is 8. The molecule has 0 saturated heterocycles. The Balaban J connectivity index is 2.25. The molecule has 1 aromatic carbocycles. The second-order valence-electron chi connectivity index (χ2n) is 7.67. The molecule has 0 amide bonds. The van der Waals surface area contributed by atoms with Crippen LogP contribution in [0.4, 0.5) is 0 Å². The number of Topliss-reactive ketones (excluding diaryl/α,β-unsaturated/α-hetero) is 1. The summed E-state index contributed by atoms with van der Waals surface area (Å²) in [6, 6.07) is 5.18. The molecule has 2 aromatic rings. The molecule has 0 aliphatic carbocycles. The van der Waals surface area contributed by atoms with E-state index in [0.717, 1.165) is 0 Å². The van der Waals surface area contributed by atoms with Gasteiger partial charge in [0, 0.05) is 18.8 Å². The maximum Gasteiger partial charge on any atom is 0.339 e. The molecule has 9 nitrogen and oxygen atoms in total. The van der Waals surface area contributed by atoms with Crippen LogP contribution in [0.3, 0.4) is 0 Å². The quantitative estimate of drug-likeness (QED) is 0.471. The van der Waals surface area contributed by atoms with Crippen LogP contribution in [0.5, 0.6) is 0 Å². The first-order chi connectivity index (χ1) is 14.8. The molecule has 174 valence electrons. The molecule has 32 heavy (non-hydrogen) atoms. The molecule has 2 rings (SSSR count). The summed E-state index contributed by atoms with van der Waals surface area (Å²) in [7, 11) is -1.09. The number of hydrogen-bond acceptors (Lipinski definition) is 7. The van der Waals surface area contributed by atoms with Gasteiger partial charge in [0.15, 0.2) is 6.10 Å². The van der Waals surface area contributed by atoms with Crippen molar-refractivity contribution < 1.29 is 32.3 Å². The first-order valence-electron chi connectivity index (χ1n) is 9.93. The summed E-state index contributed by atoms with van der Waals surface area (Å²) in [6.07, 6.45) is -1.18. The minimum atomic E-state index is -3.79. The number of H-pyrrole nitrogens is 1. The molecular formula is C22H28N2O7S. The summed E-state index contributed by atoms with van der Waals surface area (Å²) in [5.41, 5.74) is 1.24. The molecule has 10 heteroatoms. The van der Waals surface area contributed by atoms with E-state index in [-0.39, 0.29) is 27.8 Å². The first kappa shape index (κ1) is 25.3. The van der Waals surface area contributed by atoms with Crippen molar-refractivity contribution in [2.75, 3.05) is 14.2 Å². The van der Waals surface area contributed by atoms with E-state index >= 15 is 0 Å². The summed E-state index contributed by atoms with van der Waals surface area (Å²) in [6.45, 7) is 8.10. The molecule has 0 bridgehead atoms. The monoisotopic (exact) mass is 464 g/mol. The van der Waals surface area contributed by atoms with Crippen LogP contribution >= 0.6 is 0 Å². The van der Waals surface area contributed by atoms with Gasteiger partial charge in [-0.3, -0.25) is 4.79 Å². The topological polar surface area (TPSA) is 123 Å². The Hall–Kier alpha value is -2.98. The zero-order chi connectivity index (χ0) is 24.4. The molecule has 0 saturated carbocycles. The van der Waals surface area contributed by atoms with Crippen LogP contribution in [0.2, 0.25) is 0 Å². The predicted molar refractivity (Wildman–Crippen MR) is 117 cm³/mol. The van der Waals surface area contributed by atoms with Gasteiger partial charge in [-0.2, -0.15) is 4.31 Å². The Morgan fingerprint density at radius 3 is 2.25 bits per heavy atom. The van der Waals surface area contributed by atoms with Crippen molar-refractivity contribution in [2.24, 2.45) is 0 Å². The van der Waals surface area contributed by atoms with Crippen LogP contribution in [0.1, 0.15) is 63.2 Å². The summed E-state index contributed by atoms with van der Waals surface area (Å²) in [5.74, 6) is -1.95. The highest BCUT2D eigenvalue weighted by atomic mass is 32.2. The normalized spacial score (nSPS) is 12.7. The molecule has 0 radical (unpaired) electrons. The molecule has 1 N–H and O–H groups in total. The Morgan fingerprint density at radius 2 is 1.69 bits per heavy atom.